The predicted octanol–water partition coefficient (Wildman–Crippen LogP) is 3.74. The van der Waals surface area contributed by atoms with E-state index < -0.39 is 0 Å². The number of nitrogens with zero attached hydrogens (tertiary/aromatic N) is 4. The van der Waals surface area contributed by atoms with Crippen molar-refractivity contribution in [3.63, 3.8) is 0 Å². The first kappa shape index (κ1) is 17.2. The molecule has 4 heterocycles. The van der Waals surface area contributed by atoms with Gasteiger partial charge in [0.05, 0.1) is 11.0 Å². The van der Waals surface area contributed by atoms with Crippen LogP contribution in [0.5, 0.6) is 0 Å². The van der Waals surface area contributed by atoms with E-state index in [1.165, 1.54) is 0 Å². The molecule has 0 unspecified atom stereocenters. The fourth-order valence-electron chi connectivity index (χ4n) is 2.08. The fourth-order valence-corrected chi connectivity index (χ4v) is 2.08. The van der Waals surface area contributed by atoms with Crippen LogP contribution in [0.15, 0.2) is 73.3 Å². The first-order valence-electron chi connectivity index (χ1n) is 7.07. The molecule has 0 bridgehead atoms. The molecule has 4 aromatic rings. The van der Waals surface area contributed by atoms with Gasteiger partial charge in [0.2, 0.25) is 5.52 Å². The van der Waals surface area contributed by atoms with Crippen LogP contribution in [0, 0.1) is 0 Å². The largest absolute Gasteiger partial charge is 0.255 e. The Bertz CT molecular complexity index is 810. The third-order valence-corrected chi connectivity index (χ3v) is 3.13. The highest BCUT2D eigenvalue weighted by Gasteiger charge is 2.00. The first-order chi connectivity index (χ1) is 11.3. The van der Waals surface area contributed by atoms with Crippen molar-refractivity contribution in [1.82, 2.24) is 15.0 Å². The topological polar surface area (TPSA) is 42.5 Å². The van der Waals surface area contributed by atoms with Crippen LogP contribution in [0.2, 0.25) is 0 Å². The summed E-state index contributed by atoms with van der Waals surface area (Å²) in [5, 5.41) is 0. The van der Waals surface area contributed by atoms with Crippen molar-refractivity contribution >= 4 is 44.7 Å². The average molecular weight is 417 g/mol. The number of aryl methyl sites for hydroxylation is 1. The molecule has 116 valence electrons. The zero-order chi connectivity index (χ0) is 16.5. The molecule has 0 spiro atoms. The van der Waals surface area contributed by atoms with E-state index in [4.69, 9.17) is 0 Å². The maximum Gasteiger partial charge on any atom is 0.230 e. The van der Waals surface area contributed by atoms with Crippen LogP contribution >= 0.6 is 22.6 Å². The lowest BCUT2D eigenvalue weighted by Gasteiger charge is -1.92. The van der Waals surface area contributed by atoms with Crippen LogP contribution in [0.3, 0.4) is 0 Å². The number of pyridine rings is 4. The lowest BCUT2D eigenvalue weighted by molar-refractivity contribution is -0.645. The third kappa shape index (κ3) is 4.66. The summed E-state index contributed by atoms with van der Waals surface area (Å²) in [4.78, 5) is 14.4. The summed E-state index contributed by atoms with van der Waals surface area (Å²) in [6.45, 7) is 0. The van der Waals surface area contributed by atoms with Crippen molar-refractivity contribution in [3.8, 4) is 0 Å². The van der Waals surface area contributed by atoms with Gasteiger partial charge in [-0.1, -0.05) is 22.6 Å². The highest BCUT2D eigenvalue weighted by Crippen LogP contribution is 2.04. The Morgan fingerprint density at radius 3 is 1.74 bits per heavy atom. The third-order valence-electron chi connectivity index (χ3n) is 3.13. The molecule has 0 aromatic carbocycles. The van der Waals surface area contributed by atoms with Gasteiger partial charge in [0, 0.05) is 30.7 Å². The lowest BCUT2D eigenvalue weighted by atomic mass is 10.3. The minimum Gasteiger partial charge on any atom is -0.255 e. The lowest BCUT2D eigenvalue weighted by Crippen LogP contribution is -2.27. The summed E-state index contributed by atoms with van der Waals surface area (Å²) in [5.74, 6) is 0. The highest BCUT2D eigenvalue weighted by molar-refractivity contribution is 14.1. The van der Waals surface area contributed by atoms with E-state index in [-0.39, 0.29) is 0 Å². The summed E-state index contributed by atoms with van der Waals surface area (Å²) in [7, 11) is 2.02. The molecule has 0 aliphatic carbocycles. The van der Waals surface area contributed by atoms with Crippen LogP contribution < -0.4 is 4.57 Å². The maximum atomic E-state index is 4.22. The summed E-state index contributed by atoms with van der Waals surface area (Å²) in [5.41, 5.74) is 4.10. The van der Waals surface area contributed by atoms with Gasteiger partial charge in [-0.3, -0.25) is 9.97 Å². The van der Waals surface area contributed by atoms with E-state index in [0.29, 0.717) is 0 Å². The summed E-state index contributed by atoms with van der Waals surface area (Å²) < 4.78 is 2.06. The molecule has 0 atom stereocenters. The van der Waals surface area contributed by atoms with Gasteiger partial charge < -0.3 is 0 Å². The molecular weight excluding hydrogens is 399 g/mol. The van der Waals surface area contributed by atoms with Crippen molar-refractivity contribution in [3.05, 3.63) is 73.3 Å². The van der Waals surface area contributed by atoms with Gasteiger partial charge in [-0.2, -0.15) is 4.57 Å². The van der Waals surface area contributed by atoms with Crippen LogP contribution in [0.25, 0.3) is 22.1 Å². The first-order valence-corrected chi connectivity index (χ1v) is 9.23. The number of alkyl halides is 1. The predicted molar refractivity (Wildman–Crippen MR) is 102 cm³/mol. The number of hydrogen-bond acceptors (Lipinski definition) is 3. The molecule has 4 aromatic heterocycles. The van der Waals surface area contributed by atoms with Gasteiger partial charge in [0.15, 0.2) is 6.20 Å². The van der Waals surface area contributed by atoms with E-state index in [1.807, 2.05) is 66.8 Å². The zero-order valence-corrected chi connectivity index (χ0v) is 15.3. The SMILES string of the molecule is CI.C[n+]1cccc2ncccc21.c1cnc2cccnc2c1. The molecule has 0 radical (unpaired) electrons. The summed E-state index contributed by atoms with van der Waals surface area (Å²) >= 11 is 2.15. The van der Waals surface area contributed by atoms with Gasteiger partial charge in [0.25, 0.3) is 0 Å². The smallest absolute Gasteiger partial charge is 0.230 e. The van der Waals surface area contributed by atoms with Crippen molar-refractivity contribution in [2.45, 2.75) is 0 Å². The minimum atomic E-state index is 0.949. The second-order valence-corrected chi connectivity index (χ2v) is 4.57. The second kappa shape index (κ2) is 9.09. The number of rotatable bonds is 0. The normalized spacial score (nSPS) is 9.52. The Hall–Kier alpha value is -2.15. The summed E-state index contributed by atoms with van der Waals surface area (Å²) in [6.07, 6.45) is 7.36. The minimum absolute atomic E-state index is 0.949. The molecule has 0 aliphatic heterocycles. The Labute approximate surface area is 149 Å². The molecule has 0 saturated heterocycles. The number of halogens is 1. The molecule has 0 aliphatic rings. The van der Waals surface area contributed by atoms with Crippen LogP contribution in [-0.4, -0.2) is 19.9 Å². The van der Waals surface area contributed by atoms with E-state index >= 15 is 0 Å². The number of aromatic nitrogens is 4. The Morgan fingerprint density at radius 1 is 0.696 bits per heavy atom. The van der Waals surface area contributed by atoms with E-state index in [9.17, 15) is 0 Å². The van der Waals surface area contributed by atoms with Crippen molar-refractivity contribution in [1.29, 1.82) is 0 Å². The molecule has 0 fully saturated rings. The number of fused-ring (bicyclic) bond motifs is 2. The quantitative estimate of drug-likeness (QED) is 0.249. The summed E-state index contributed by atoms with van der Waals surface area (Å²) in [6, 6.07) is 15.7. The molecule has 5 heteroatoms. The van der Waals surface area contributed by atoms with Crippen molar-refractivity contribution in [2.75, 3.05) is 4.93 Å². The van der Waals surface area contributed by atoms with Crippen molar-refractivity contribution < 1.29 is 4.57 Å². The van der Waals surface area contributed by atoms with Gasteiger partial charge in [-0.05, 0) is 41.3 Å². The molecule has 23 heavy (non-hydrogen) atoms. The monoisotopic (exact) mass is 417 g/mol. The van der Waals surface area contributed by atoms with E-state index in [2.05, 4.69) is 48.2 Å². The maximum absolute atomic E-state index is 4.22. The molecule has 0 saturated carbocycles. The fraction of sp³-hybridized carbons (Fsp3) is 0.111. The van der Waals surface area contributed by atoms with Crippen LogP contribution in [0.1, 0.15) is 0 Å². The average Bonchev–Trinajstić information content (AvgIpc) is 2.65. The van der Waals surface area contributed by atoms with Gasteiger partial charge in [0.1, 0.15) is 12.6 Å². The molecule has 0 N–H and O–H groups in total. The Kier molecular flexibility index (Phi) is 6.80. The second-order valence-electron chi connectivity index (χ2n) is 4.57. The van der Waals surface area contributed by atoms with Crippen molar-refractivity contribution in [2.24, 2.45) is 7.05 Å². The van der Waals surface area contributed by atoms with Gasteiger partial charge in [-0.25, -0.2) is 4.98 Å². The molecule has 4 nitrogen and oxygen atoms in total. The van der Waals surface area contributed by atoms with Gasteiger partial charge >= 0.3 is 0 Å². The van der Waals surface area contributed by atoms with Crippen LogP contribution in [0.4, 0.5) is 0 Å². The van der Waals surface area contributed by atoms with Crippen LogP contribution in [-0.2, 0) is 7.05 Å². The van der Waals surface area contributed by atoms with Gasteiger partial charge in [-0.15, -0.1) is 0 Å². The number of hydrogen-bond donors (Lipinski definition) is 0. The molecule has 0 amide bonds. The Morgan fingerprint density at radius 2 is 1.17 bits per heavy atom. The molecule has 4 rings (SSSR count). The zero-order valence-electron chi connectivity index (χ0n) is 13.1. The highest BCUT2D eigenvalue weighted by atomic mass is 127. The standard InChI is InChI=1S/C9H9N2.C8H6N2.CH3I/c1-11-7-3-4-8-9(11)5-2-6-10-8;1-3-7-8(9-5-1)4-2-6-10-7;1-2/h2-7H,1H3;1-6H;1H3/q+1;;. The Balaban J connectivity index is 0.000000152. The van der Waals surface area contributed by atoms with E-state index in [0.717, 1.165) is 22.1 Å². The molecular formula is C18H18IN4+. The van der Waals surface area contributed by atoms with E-state index in [1.54, 1.807) is 12.4 Å².